The predicted octanol–water partition coefficient (Wildman–Crippen LogP) is 3.41. The zero-order valence-corrected chi connectivity index (χ0v) is 18.1. The summed E-state index contributed by atoms with van der Waals surface area (Å²) in [6.45, 7) is 3.31. The Labute approximate surface area is 181 Å². The first-order chi connectivity index (χ1) is 14.4. The molecule has 1 saturated heterocycles. The van der Waals surface area contributed by atoms with Gasteiger partial charge in [-0.15, -0.1) is 0 Å². The SMILES string of the molecule is CCOc1ccc(NC(=O)/C=C/c2ccccc2Cl)cc1S(=O)(=O)N1CCOCC1. The second-order valence-electron chi connectivity index (χ2n) is 6.46. The van der Waals surface area contributed by atoms with Crippen LogP contribution in [0.3, 0.4) is 0 Å². The maximum Gasteiger partial charge on any atom is 0.248 e. The number of rotatable bonds is 7. The first kappa shape index (κ1) is 22.3. The number of halogens is 1. The summed E-state index contributed by atoms with van der Waals surface area (Å²) < 4.78 is 38.4. The van der Waals surface area contributed by atoms with Crippen LogP contribution in [0.5, 0.6) is 5.75 Å². The van der Waals surface area contributed by atoms with Gasteiger partial charge in [0.15, 0.2) is 0 Å². The zero-order valence-electron chi connectivity index (χ0n) is 16.5. The summed E-state index contributed by atoms with van der Waals surface area (Å²) in [6, 6.07) is 11.7. The fourth-order valence-electron chi connectivity index (χ4n) is 2.95. The number of hydrogen-bond acceptors (Lipinski definition) is 5. The molecular weight excluding hydrogens is 428 g/mol. The molecule has 0 bridgehead atoms. The van der Waals surface area contributed by atoms with Crippen molar-refractivity contribution >= 4 is 39.3 Å². The second-order valence-corrected chi connectivity index (χ2v) is 8.77. The third-order valence-electron chi connectivity index (χ3n) is 4.42. The largest absolute Gasteiger partial charge is 0.492 e. The highest BCUT2D eigenvalue weighted by atomic mass is 35.5. The van der Waals surface area contributed by atoms with Crippen molar-refractivity contribution in [2.24, 2.45) is 0 Å². The van der Waals surface area contributed by atoms with Crippen LogP contribution in [0.25, 0.3) is 6.08 Å². The van der Waals surface area contributed by atoms with Crippen molar-refractivity contribution < 1.29 is 22.7 Å². The van der Waals surface area contributed by atoms with E-state index in [0.29, 0.717) is 36.1 Å². The van der Waals surface area contributed by atoms with Crippen LogP contribution in [0, 0.1) is 0 Å². The number of hydrogen-bond donors (Lipinski definition) is 1. The lowest BCUT2D eigenvalue weighted by atomic mass is 10.2. The van der Waals surface area contributed by atoms with Crippen molar-refractivity contribution in [1.29, 1.82) is 0 Å². The van der Waals surface area contributed by atoms with Crippen molar-refractivity contribution in [3.8, 4) is 5.75 Å². The summed E-state index contributed by atoms with van der Waals surface area (Å²) in [6.07, 6.45) is 2.94. The molecule has 0 spiro atoms. The molecule has 0 saturated carbocycles. The molecule has 1 fully saturated rings. The van der Waals surface area contributed by atoms with Crippen molar-refractivity contribution in [3.63, 3.8) is 0 Å². The molecule has 2 aromatic rings. The monoisotopic (exact) mass is 450 g/mol. The number of amides is 1. The highest BCUT2D eigenvalue weighted by Crippen LogP contribution is 2.30. The van der Waals surface area contributed by atoms with E-state index in [1.54, 1.807) is 43.3 Å². The van der Waals surface area contributed by atoms with Crippen molar-refractivity contribution in [3.05, 3.63) is 59.1 Å². The summed E-state index contributed by atoms with van der Waals surface area (Å²) >= 11 is 6.08. The molecule has 0 atom stereocenters. The van der Waals surface area contributed by atoms with Gasteiger partial charge in [-0.25, -0.2) is 8.42 Å². The van der Waals surface area contributed by atoms with Crippen LogP contribution in [0.4, 0.5) is 5.69 Å². The summed E-state index contributed by atoms with van der Waals surface area (Å²) in [5.41, 5.74) is 1.05. The zero-order chi connectivity index (χ0) is 21.6. The lowest BCUT2D eigenvalue weighted by molar-refractivity contribution is -0.111. The average Bonchev–Trinajstić information content (AvgIpc) is 2.75. The van der Waals surface area contributed by atoms with Gasteiger partial charge in [0.25, 0.3) is 0 Å². The van der Waals surface area contributed by atoms with E-state index in [-0.39, 0.29) is 23.7 Å². The van der Waals surface area contributed by atoms with E-state index in [2.05, 4.69) is 5.32 Å². The van der Waals surface area contributed by atoms with E-state index in [4.69, 9.17) is 21.1 Å². The first-order valence-electron chi connectivity index (χ1n) is 9.50. The van der Waals surface area contributed by atoms with E-state index in [1.165, 1.54) is 16.4 Å². The Morgan fingerprint density at radius 2 is 1.97 bits per heavy atom. The molecule has 0 aromatic heterocycles. The highest BCUT2D eigenvalue weighted by Gasteiger charge is 2.29. The van der Waals surface area contributed by atoms with Gasteiger partial charge in [0.05, 0.1) is 19.8 Å². The maximum absolute atomic E-state index is 13.1. The van der Waals surface area contributed by atoms with E-state index < -0.39 is 15.9 Å². The minimum atomic E-state index is -3.79. The minimum absolute atomic E-state index is 0.0131. The Bertz CT molecular complexity index is 1030. The molecule has 1 aliphatic rings. The van der Waals surface area contributed by atoms with E-state index in [1.807, 2.05) is 6.07 Å². The summed E-state index contributed by atoms with van der Waals surface area (Å²) in [5.74, 6) is -0.164. The van der Waals surface area contributed by atoms with Crippen LogP contribution < -0.4 is 10.1 Å². The van der Waals surface area contributed by atoms with Crippen molar-refractivity contribution in [2.45, 2.75) is 11.8 Å². The third kappa shape index (κ3) is 5.40. The van der Waals surface area contributed by atoms with Crippen LogP contribution in [0.15, 0.2) is 53.4 Å². The second kappa shape index (κ2) is 10.1. The van der Waals surface area contributed by atoms with Gasteiger partial charge in [0, 0.05) is 29.9 Å². The summed E-state index contributed by atoms with van der Waals surface area (Å²) in [7, 11) is -3.79. The Morgan fingerprint density at radius 1 is 1.23 bits per heavy atom. The van der Waals surface area contributed by atoms with Gasteiger partial charge in [-0.05, 0) is 42.8 Å². The fraction of sp³-hybridized carbons (Fsp3) is 0.286. The molecule has 1 aliphatic heterocycles. The lowest BCUT2D eigenvalue weighted by Gasteiger charge is -2.27. The smallest absolute Gasteiger partial charge is 0.248 e. The number of carbonyl (C=O) groups excluding carboxylic acids is 1. The number of nitrogens with zero attached hydrogens (tertiary/aromatic N) is 1. The molecule has 1 amide bonds. The number of nitrogens with one attached hydrogen (secondary N) is 1. The molecule has 1 N–H and O–H groups in total. The molecule has 160 valence electrons. The third-order valence-corrected chi connectivity index (χ3v) is 6.68. The normalized spacial score (nSPS) is 15.3. The lowest BCUT2D eigenvalue weighted by Crippen LogP contribution is -2.40. The molecule has 1 heterocycles. The van der Waals surface area contributed by atoms with Crippen LogP contribution in [0.1, 0.15) is 12.5 Å². The molecule has 9 heteroatoms. The minimum Gasteiger partial charge on any atom is -0.492 e. The van der Waals surface area contributed by atoms with Gasteiger partial charge >= 0.3 is 0 Å². The standard InChI is InChI=1S/C21H23ClN2O5S/c1-2-29-19-9-8-17(15-20(19)30(26,27)24-11-13-28-14-12-24)23-21(25)10-7-16-5-3-4-6-18(16)22/h3-10,15H,2,11-14H2,1H3,(H,23,25)/b10-7+. The molecular formula is C21H23ClN2O5S. The topological polar surface area (TPSA) is 84.9 Å². The Balaban J connectivity index is 1.83. The Kier molecular flexibility index (Phi) is 7.49. The fourth-order valence-corrected chi connectivity index (χ4v) is 4.71. The van der Waals surface area contributed by atoms with Crippen LogP contribution >= 0.6 is 11.6 Å². The molecule has 0 radical (unpaired) electrons. The number of morpholine rings is 1. The van der Waals surface area contributed by atoms with Gasteiger partial charge in [-0.3, -0.25) is 4.79 Å². The van der Waals surface area contributed by atoms with Crippen LogP contribution in [-0.4, -0.2) is 51.5 Å². The van der Waals surface area contributed by atoms with Gasteiger partial charge < -0.3 is 14.8 Å². The van der Waals surface area contributed by atoms with Gasteiger partial charge in [-0.1, -0.05) is 29.8 Å². The van der Waals surface area contributed by atoms with Crippen LogP contribution in [-0.2, 0) is 19.6 Å². The summed E-state index contributed by atoms with van der Waals surface area (Å²) in [4.78, 5) is 12.3. The maximum atomic E-state index is 13.1. The molecule has 30 heavy (non-hydrogen) atoms. The van der Waals surface area contributed by atoms with Gasteiger partial charge in [0.1, 0.15) is 10.6 Å². The molecule has 2 aromatic carbocycles. The average molecular weight is 451 g/mol. The molecule has 3 rings (SSSR count). The van der Waals surface area contributed by atoms with E-state index >= 15 is 0 Å². The quantitative estimate of drug-likeness (QED) is 0.653. The number of sulfonamides is 1. The Hall–Kier alpha value is -2.39. The number of benzene rings is 2. The number of anilines is 1. The Morgan fingerprint density at radius 3 is 2.67 bits per heavy atom. The predicted molar refractivity (Wildman–Crippen MR) is 116 cm³/mol. The number of ether oxygens (including phenoxy) is 2. The number of carbonyl (C=O) groups is 1. The van der Waals surface area contributed by atoms with Gasteiger partial charge in [0.2, 0.25) is 15.9 Å². The van der Waals surface area contributed by atoms with Gasteiger partial charge in [-0.2, -0.15) is 4.31 Å². The van der Waals surface area contributed by atoms with Crippen LogP contribution in [0.2, 0.25) is 5.02 Å². The van der Waals surface area contributed by atoms with E-state index in [0.717, 1.165) is 0 Å². The summed E-state index contributed by atoms with van der Waals surface area (Å²) in [5, 5.41) is 3.21. The highest BCUT2D eigenvalue weighted by molar-refractivity contribution is 7.89. The molecule has 0 aliphatic carbocycles. The molecule has 7 nitrogen and oxygen atoms in total. The first-order valence-corrected chi connectivity index (χ1v) is 11.3. The van der Waals surface area contributed by atoms with Crippen molar-refractivity contribution in [2.75, 3.05) is 38.2 Å². The van der Waals surface area contributed by atoms with E-state index in [9.17, 15) is 13.2 Å². The molecule has 0 unspecified atom stereocenters. The van der Waals surface area contributed by atoms with Crippen molar-refractivity contribution in [1.82, 2.24) is 4.31 Å².